The Balaban J connectivity index is 3.17. The molecule has 0 heterocycles. The van der Waals surface area contributed by atoms with Gasteiger partial charge in [-0.25, -0.2) is 0 Å². The summed E-state index contributed by atoms with van der Waals surface area (Å²) in [6.45, 7) is 1.04. The Kier molecular flexibility index (Phi) is 3.22. The molecule has 0 saturated heterocycles. The van der Waals surface area contributed by atoms with E-state index in [2.05, 4.69) is 12.6 Å². The van der Waals surface area contributed by atoms with Crippen LogP contribution in [-0.4, -0.2) is 22.8 Å². The number of Topliss-reactive ketones (excluding diaryl/α,β-unsaturated/α-hetero) is 1. The highest BCUT2D eigenvalue weighted by molar-refractivity contribution is 8.04. The first-order valence-electron chi connectivity index (χ1n) is 4.06. The molecule has 0 amide bonds. The van der Waals surface area contributed by atoms with E-state index in [4.69, 9.17) is 4.55 Å². The maximum Gasteiger partial charge on any atom is 0.287 e. The lowest BCUT2D eigenvalue weighted by Crippen LogP contribution is -2.37. The summed E-state index contributed by atoms with van der Waals surface area (Å²) in [7, 11) is -4.54. The van der Waals surface area contributed by atoms with Crippen LogP contribution in [0.2, 0.25) is 0 Å². The van der Waals surface area contributed by atoms with Crippen LogP contribution in [0.15, 0.2) is 30.3 Å². The van der Waals surface area contributed by atoms with E-state index in [0.717, 1.165) is 6.92 Å². The molecular formula is C9H10O4S2. The fraction of sp³-hybridized carbons (Fsp3) is 0.222. The van der Waals surface area contributed by atoms with Crippen molar-refractivity contribution in [2.45, 2.75) is 11.0 Å². The van der Waals surface area contributed by atoms with Crippen LogP contribution in [0.4, 0.5) is 0 Å². The minimum absolute atomic E-state index is 0.188. The largest absolute Gasteiger partial charge is 0.291 e. The van der Waals surface area contributed by atoms with Gasteiger partial charge in [-0.15, -0.1) is 12.6 Å². The zero-order valence-corrected chi connectivity index (χ0v) is 9.63. The Bertz CT molecular complexity index is 462. The van der Waals surface area contributed by atoms with Crippen molar-refractivity contribution >= 4 is 28.5 Å². The first-order chi connectivity index (χ1) is 6.77. The van der Waals surface area contributed by atoms with Crippen molar-refractivity contribution in [1.82, 2.24) is 0 Å². The van der Waals surface area contributed by atoms with Crippen molar-refractivity contribution in [2.24, 2.45) is 0 Å². The highest BCUT2D eigenvalue weighted by Gasteiger charge is 2.42. The van der Waals surface area contributed by atoms with Gasteiger partial charge in [-0.05, 0) is 6.92 Å². The summed E-state index contributed by atoms with van der Waals surface area (Å²) in [5.74, 6) is -0.756. The number of carbonyl (C=O) groups is 1. The van der Waals surface area contributed by atoms with Crippen LogP contribution in [0.1, 0.15) is 17.3 Å². The molecule has 0 aliphatic rings. The number of benzene rings is 1. The molecule has 0 radical (unpaired) electrons. The number of thiol groups is 1. The average Bonchev–Trinajstić information content (AvgIpc) is 2.16. The van der Waals surface area contributed by atoms with E-state index in [1.807, 2.05) is 0 Å². The predicted molar refractivity (Wildman–Crippen MR) is 59.7 cm³/mol. The van der Waals surface area contributed by atoms with Gasteiger partial charge in [0.1, 0.15) is 0 Å². The van der Waals surface area contributed by atoms with Gasteiger partial charge < -0.3 is 0 Å². The van der Waals surface area contributed by atoms with E-state index in [1.165, 1.54) is 12.1 Å². The minimum Gasteiger partial charge on any atom is -0.291 e. The maximum atomic E-state index is 11.7. The van der Waals surface area contributed by atoms with Crippen LogP contribution < -0.4 is 0 Å². The van der Waals surface area contributed by atoms with Crippen molar-refractivity contribution in [2.75, 3.05) is 0 Å². The second-order valence-corrected chi connectivity index (χ2v) is 6.12. The van der Waals surface area contributed by atoms with Crippen molar-refractivity contribution in [3.63, 3.8) is 0 Å². The molecule has 15 heavy (non-hydrogen) atoms. The normalized spacial score (nSPS) is 15.7. The molecule has 1 unspecified atom stereocenters. The third-order valence-electron chi connectivity index (χ3n) is 1.96. The number of hydrogen-bond donors (Lipinski definition) is 2. The quantitative estimate of drug-likeness (QED) is 0.480. The van der Waals surface area contributed by atoms with Gasteiger partial charge in [0.2, 0.25) is 0 Å². The fourth-order valence-corrected chi connectivity index (χ4v) is 1.46. The number of carbonyl (C=O) groups excluding carboxylic acids is 1. The molecule has 1 atom stereocenters. The first-order valence-corrected chi connectivity index (χ1v) is 5.95. The van der Waals surface area contributed by atoms with E-state index in [1.54, 1.807) is 18.2 Å². The van der Waals surface area contributed by atoms with Gasteiger partial charge in [-0.2, -0.15) is 8.42 Å². The molecular weight excluding hydrogens is 236 g/mol. The molecule has 1 N–H and O–H groups in total. The third-order valence-corrected chi connectivity index (χ3v) is 4.04. The summed E-state index contributed by atoms with van der Waals surface area (Å²) in [5, 5.41) is 0. The lowest BCUT2D eigenvalue weighted by Gasteiger charge is -2.17. The Hall–Kier alpha value is -0.850. The summed E-state index contributed by atoms with van der Waals surface area (Å²) in [5.41, 5.74) is 0.188. The molecule has 0 fully saturated rings. The summed E-state index contributed by atoms with van der Waals surface area (Å²) >= 11 is 3.69. The Morgan fingerprint density at radius 3 is 2.20 bits per heavy atom. The molecule has 82 valence electrons. The van der Waals surface area contributed by atoms with Crippen LogP contribution in [-0.2, 0) is 10.1 Å². The fourth-order valence-electron chi connectivity index (χ4n) is 0.974. The average molecular weight is 246 g/mol. The van der Waals surface area contributed by atoms with Gasteiger partial charge in [-0.3, -0.25) is 9.35 Å². The molecule has 1 aromatic carbocycles. The molecule has 6 heteroatoms. The number of ketones is 1. The molecule has 0 spiro atoms. The van der Waals surface area contributed by atoms with Crippen LogP contribution >= 0.6 is 12.6 Å². The Labute approximate surface area is 93.5 Å². The standard InChI is InChI=1S/C9H10O4S2/c1-9(14,15(11,12)13)8(10)7-5-3-2-4-6-7/h2-6,14H,1H3,(H,11,12,13). The zero-order valence-electron chi connectivity index (χ0n) is 7.91. The molecule has 1 rings (SSSR count). The summed E-state index contributed by atoms with van der Waals surface area (Å²) in [4.78, 5) is 11.7. The molecule has 0 aliphatic heterocycles. The first kappa shape index (κ1) is 12.2. The zero-order chi connectivity index (χ0) is 11.7. The maximum absolute atomic E-state index is 11.7. The van der Waals surface area contributed by atoms with Crippen LogP contribution in [0, 0.1) is 0 Å². The lowest BCUT2D eigenvalue weighted by molar-refractivity contribution is 0.0978. The van der Waals surface area contributed by atoms with E-state index < -0.39 is 20.0 Å². The highest BCUT2D eigenvalue weighted by atomic mass is 32.3. The van der Waals surface area contributed by atoms with Gasteiger partial charge in [0.05, 0.1) is 0 Å². The topological polar surface area (TPSA) is 71.4 Å². The van der Waals surface area contributed by atoms with Gasteiger partial charge in [0, 0.05) is 5.56 Å². The Morgan fingerprint density at radius 1 is 1.33 bits per heavy atom. The molecule has 0 saturated carbocycles. The molecule has 1 aromatic rings. The van der Waals surface area contributed by atoms with Crippen LogP contribution in [0.3, 0.4) is 0 Å². The second kappa shape index (κ2) is 3.96. The smallest absolute Gasteiger partial charge is 0.287 e. The molecule has 0 bridgehead atoms. The van der Waals surface area contributed by atoms with E-state index >= 15 is 0 Å². The summed E-state index contributed by atoms with van der Waals surface area (Å²) in [6.07, 6.45) is 0. The van der Waals surface area contributed by atoms with Crippen LogP contribution in [0.5, 0.6) is 0 Å². The third kappa shape index (κ3) is 2.39. The van der Waals surface area contributed by atoms with Crippen molar-refractivity contribution in [3.8, 4) is 0 Å². The van der Waals surface area contributed by atoms with Crippen molar-refractivity contribution < 1.29 is 17.8 Å². The van der Waals surface area contributed by atoms with Crippen molar-refractivity contribution in [1.29, 1.82) is 0 Å². The summed E-state index contributed by atoms with van der Waals surface area (Å²) < 4.78 is 28.6. The second-order valence-electron chi connectivity index (χ2n) is 3.15. The molecule has 0 aromatic heterocycles. The van der Waals surface area contributed by atoms with E-state index in [0.29, 0.717) is 0 Å². The molecule has 0 aliphatic carbocycles. The lowest BCUT2D eigenvalue weighted by atomic mass is 10.1. The predicted octanol–water partition coefficient (Wildman–Crippen LogP) is 1.40. The summed E-state index contributed by atoms with van der Waals surface area (Å²) in [6, 6.07) is 7.81. The van der Waals surface area contributed by atoms with Crippen LogP contribution in [0.25, 0.3) is 0 Å². The highest BCUT2D eigenvalue weighted by Crippen LogP contribution is 2.25. The van der Waals surface area contributed by atoms with Gasteiger partial charge in [0.25, 0.3) is 10.1 Å². The number of rotatable bonds is 3. The number of hydrogen-bond acceptors (Lipinski definition) is 4. The molecule has 4 nitrogen and oxygen atoms in total. The SMILES string of the molecule is CC(S)(C(=O)c1ccccc1)S(=O)(=O)O. The monoisotopic (exact) mass is 246 g/mol. The van der Waals surface area contributed by atoms with E-state index in [-0.39, 0.29) is 5.56 Å². The van der Waals surface area contributed by atoms with E-state index in [9.17, 15) is 13.2 Å². The van der Waals surface area contributed by atoms with Gasteiger partial charge >= 0.3 is 0 Å². The minimum atomic E-state index is -4.54. The van der Waals surface area contributed by atoms with Gasteiger partial charge in [-0.1, -0.05) is 30.3 Å². The van der Waals surface area contributed by atoms with Crippen molar-refractivity contribution in [3.05, 3.63) is 35.9 Å². The van der Waals surface area contributed by atoms with Gasteiger partial charge in [0.15, 0.2) is 9.86 Å². The Morgan fingerprint density at radius 2 is 1.80 bits per heavy atom.